The first-order valence-electron chi connectivity index (χ1n) is 4.63. The molecule has 0 radical (unpaired) electrons. The van der Waals surface area contributed by atoms with Crippen molar-refractivity contribution in [2.24, 2.45) is 0 Å². The molecule has 0 unspecified atom stereocenters. The number of hydrogen-bond donors (Lipinski definition) is 1. The molecule has 0 atom stereocenters. The average molecular weight is 221 g/mol. The van der Waals surface area contributed by atoms with Crippen LogP contribution in [-0.2, 0) is 9.53 Å². The van der Waals surface area contributed by atoms with Crippen molar-refractivity contribution in [1.82, 2.24) is 4.98 Å². The van der Waals surface area contributed by atoms with Crippen LogP contribution in [-0.4, -0.2) is 17.6 Å². The molecule has 0 bridgehead atoms. The van der Waals surface area contributed by atoms with Crippen molar-refractivity contribution in [2.45, 2.75) is 13.8 Å². The van der Waals surface area contributed by atoms with E-state index in [1.807, 2.05) is 0 Å². The van der Waals surface area contributed by atoms with Crippen LogP contribution in [0.4, 0.5) is 5.88 Å². The van der Waals surface area contributed by atoms with Crippen molar-refractivity contribution in [3.63, 3.8) is 0 Å². The maximum absolute atomic E-state index is 11.2. The van der Waals surface area contributed by atoms with Crippen LogP contribution in [0.5, 0.6) is 0 Å². The second-order valence-corrected chi connectivity index (χ2v) is 2.78. The fourth-order valence-electron chi connectivity index (χ4n) is 0.917. The smallest absolute Gasteiger partial charge is 0.350 e. The Kier molecular flexibility index (Phi) is 4.09. The van der Waals surface area contributed by atoms with Crippen molar-refractivity contribution in [2.75, 3.05) is 11.9 Å². The molecule has 0 aliphatic rings. The molecule has 84 valence electrons. The number of aromatic nitrogens is 1. The van der Waals surface area contributed by atoms with E-state index in [0.717, 1.165) is 0 Å². The minimum absolute atomic E-state index is 0.129. The molecular formula is C10H11N3O3. The highest BCUT2D eigenvalue weighted by Gasteiger charge is 2.09. The Hall–Kier alpha value is -2.29. The van der Waals surface area contributed by atoms with Gasteiger partial charge >= 0.3 is 5.97 Å². The lowest BCUT2D eigenvalue weighted by atomic mass is 10.3. The summed E-state index contributed by atoms with van der Waals surface area (Å²) in [5, 5.41) is 11.3. The number of nitrogens with one attached hydrogen (secondary N) is 1. The summed E-state index contributed by atoms with van der Waals surface area (Å²) in [5.41, 5.74) is -0.129. The zero-order valence-corrected chi connectivity index (χ0v) is 8.98. The number of ether oxygens (including phenoxy) is 1. The fourth-order valence-corrected chi connectivity index (χ4v) is 0.917. The number of aryl methyl sites for hydroxylation is 1. The molecule has 1 N–H and O–H groups in total. The van der Waals surface area contributed by atoms with Crippen LogP contribution in [0, 0.1) is 18.3 Å². The van der Waals surface area contributed by atoms with Gasteiger partial charge in [0.25, 0.3) is 0 Å². The van der Waals surface area contributed by atoms with Crippen LogP contribution in [0.15, 0.2) is 22.4 Å². The SMILES string of the molecule is CCOC(=O)C(C#N)=CNc1cnc(C)o1. The summed E-state index contributed by atoms with van der Waals surface area (Å²) < 4.78 is 9.76. The van der Waals surface area contributed by atoms with Gasteiger partial charge in [0.1, 0.15) is 6.07 Å². The standard InChI is InChI=1S/C10H11N3O3/c1-3-15-10(14)8(4-11)5-13-9-6-12-7(2)16-9/h5-6,13H,3H2,1-2H3. The van der Waals surface area contributed by atoms with E-state index in [1.54, 1.807) is 19.9 Å². The molecule has 0 aromatic carbocycles. The van der Waals surface area contributed by atoms with Gasteiger partial charge in [-0.2, -0.15) is 5.26 Å². The molecule has 6 heteroatoms. The number of nitrogens with zero attached hydrogens (tertiary/aromatic N) is 2. The van der Waals surface area contributed by atoms with Crippen molar-refractivity contribution >= 4 is 11.9 Å². The molecule has 0 fully saturated rings. The molecule has 0 aliphatic heterocycles. The van der Waals surface area contributed by atoms with Gasteiger partial charge in [-0.15, -0.1) is 0 Å². The van der Waals surface area contributed by atoms with Gasteiger partial charge in [0.15, 0.2) is 11.5 Å². The largest absolute Gasteiger partial charge is 0.462 e. The predicted octanol–water partition coefficient (Wildman–Crippen LogP) is 1.37. The Morgan fingerprint density at radius 3 is 3.06 bits per heavy atom. The summed E-state index contributed by atoms with van der Waals surface area (Å²) in [6, 6.07) is 1.73. The van der Waals surface area contributed by atoms with Gasteiger partial charge in [0, 0.05) is 13.1 Å². The Morgan fingerprint density at radius 1 is 1.81 bits per heavy atom. The zero-order valence-electron chi connectivity index (χ0n) is 8.98. The summed E-state index contributed by atoms with van der Waals surface area (Å²) in [5.74, 6) is 0.175. The molecule has 0 spiro atoms. The first kappa shape index (κ1) is 11.8. The van der Waals surface area contributed by atoms with Gasteiger partial charge in [-0.05, 0) is 6.92 Å². The highest BCUT2D eigenvalue weighted by molar-refractivity contribution is 5.93. The third kappa shape index (κ3) is 3.13. The van der Waals surface area contributed by atoms with Crippen molar-refractivity contribution in [1.29, 1.82) is 5.26 Å². The Labute approximate surface area is 92.5 Å². The molecule has 1 aromatic heterocycles. The van der Waals surface area contributed by atoms with E-state index in [4.69, 9.17) is 9.68 Å². The monoisotopic (exact) mass is 221 g/mol. The summed E-state index contributed by atoms with van der Waals surface area (Å²) in [6.45, 7) is 3.57. The van der Waals surface area contributed by atoms with Gasteiger partial charge in [-0.25, -0.2) is 9.78 Å². The van der Waals surface area contributed by atoms with Gasteiger partial charge < -0.3 is 14.5 Å². The molecule has 0 saturated carbocycles. The van der Waals surface area contributed by atoms with Gasteiger partial charge in [0.05, 0.1) is 12.8 Å². The lowest BCUT2D eigenvalue weighted by Gasteiger charge is -1.99. The van der Waals surface area contributed by atoms with E-state index in [1.165, 1.54) is 12.4 Å². The van der Waals surface area contributed by atoms with E-state index in [2.05, 4.69) is 15.0 Å². The van der Waals surface area contributed by atoms with Crippen LogP contribution in [0.2, 0.25) is 0 Å². The van der Waals surface area contributed by atoms with Crippen molar-refractivity contribution in [3.8, 4) is 6.07 Å². The minimum Gasteiger partial charge on any atom is -0.462 e. The minimum atomic E-state index is -0.672. The summed E-state index contributed by atoms with van der Waals surface area (Å²) in [6.07, 6.45) is 2.67. The summed E-state index contributed by atoms with van der Waals surface area (Å²) >= 11 is 0. The zero-order chi connectivity index (χ0) is 12.0. The number of oxazole rings is 1. The first-order valence-corrected chi connectivity index (χ1v) is 4.63. The number of anilines is 1. The highest BCUT2D eigenvalue weighted by Crippen LogP contribution is 2.09. The maximum atomic E-state index is 11.2. The van der Waals surface area contributed by atoms with Crippen LogP contribution in [0.3, 0.4) is 0 Å². The van der Waals surface area contributed by atoms with E-state index in [9.17, 15) is 4.79 Å². The number of carbonyl (C=O) groups excluding carboxylic acids is 1. The van der Waals surface area contributed by atoms with Crippen LogP contribution >= 0.6 is 0 Å². The van der Waals surface area contributed by atoms with Gasteiger partial charge in [0.2, 0.25) is 5.88 Å². The van der Waals surface area contributed by atoms with Gasteiger partial charge in [-0.1, -0.05) is 0 Å². The Balaban J connectivity index is 2.67. The normalized spacial score (nSPS) is 10.7. The molecule has 1 rings (SSSR count). The molecule has 0 saturated heterocycles. The predicted molar refractivity (Wildman–Crippen MR) is 55.2 cm³/mol. The fraction of sp³-hybridized carbons (Fsp3) is 0.300. The van der Waals surface area contributed by atoms with Crippen molar-refractivity contribution < 1.29 is 13.9 Å². The molecule has 0 aliphatic carbocycles. The molecule has 0 amide bonds. The molecular weight excluding hydrogens is 210 g/mol. The van der Waals surface area contributed by atoms with Crippen molar-refractivity contribution in [3.05, 3.63) is 23.9 Å². The lowest BCUT2D eigenvalue weighted by molar-refractivity contribution is -0.138. The second kappa shape index (κ2) is 5.56. The number of nitriles is 1. The summed E-state index contributed by atoms with van der Waals surface area (Å²) in [4.78, 5) is 15.0. The molecule has 6 nitrogen and oxygen atoms in total. The maximum Gasteiger partial charge on any atom is 0.350 e. The highest BCUT2D eigenvalue weighted by atomic mass is 16.5. The number of esters is 1. The number of rotatable bonds is 4. The van der Waals surface area contributed by atoms with E-state index in [-0.39, 0.29) is 12.2 Å². The topological polar surface area (TPSA) is 88.2 Å². The number of hydrogen-bond acceptors (Lipinski definition) is 6. The third-order valence-corrected chi connectivity index (χ3v) is 1.60. The van der Waals surface area contributed by atoms with E-state index >= 15 is 0 Å². The van der Waals surface area contributed by atoms with E-state index in [0.29, 0.717) is 11.8 Å². The average Bonchev–Trinajstić information content (AvgIpc) is 2.65. The van der Waals surface area contributed by atoms with Gasteiger partial charge in [-0.3, -0.25) is 0 Å². The molecule has 1 heterocycles. The Bertz CT molecular complexity index is 442. The van der Waals surface area contributed by atoms with E-state index < -0.39 is 5.97 Å². The molecule has 1 aromatic rings. The second-order valence-electron chi connectivity index (χ2n) is 2.78. The third-order valence-electron chi connectivity index (χ3n) is 1.60. The lowest BCUT2D eigenvalue weighted by Crippen LogP contribution is -2.07. The number of carbonyl (C=O) groups is 1. The van der Waals surface area contributed by atoms with Crippen LogP contribution < -0.4 is 5.32 Å². The summed E-state index contributed by atoms with van der Waals surface area (Å²) in [7, 11) is 0. The Morgan fingerprint density at radius 2 is 2.56 bits per heavy atom. The quantitative estimate of drug-likeness (QED) is 0.469. The van der Waals surface area contributed by atoms with Crippen LogP contribution in [0.1, 0.15) is 12.8 Å². The molecule has 16 heavy (non-hydrogen) atoms. The van der Waals surface area contributed by atoms with Crippen LogP contribution in [0.25, 0.3) is 0 Å². The first-order chi connectivity index (χ1) is 7.67.